The van der Waals surface area contributed by atoms with Crippen LogP contribution in [0.1, 0.15) is 29.5 Å². The van der Waals surface area contributed by atoms with Crippen LogP contribution in [0.4, 0.5) is 5.69 Å². The van der Waals surface area contributed by atoms with Crippen LogP contribution in [0.2, 0.25) is 0 Å². The van der Waals surface area contributed by atoms with Gasteiger partial charge in [0.15, 0.2) is 0 Å². The molecule has 0 aliphatic carbocycles. The molecular formula is C14H21NO2. The molecule has 0 atom stereocenters. The average Bonchev–Trinajstić information content (AvgIpc) is 2.33. The molecule has 0 amide bonds. The van der Waals surface area contributed by atoms with Crippen molar-refractivity contribution in [2.75, 3.05) is 19.0 Å². The predicted molar refractivity (Wildman–Crippen MR) is 70.4 cm³/mol. The number of rotatable bonds is 5. The predicted octanol–water partition coefficient (Wildman–Crippen LogP) is 2.98. The van der Waals surface area contributed by atoms with Crippen LogP contribution < -0.4 is 5.32 Å². The lowest BCUT2D eigenvalue weighted by Crippen LogP contribution is -2.07. The SMILES string of the molecule is COC(=O)CCCNc1ccc(C)c(C)c1C. The Balaban J connectivity index is 2.47. The third-order valence-electron chi connectivity index (χ3n) is 3.16. The summed E-state index contributed by atoms with van der Waals surface area (Å²) in [5, 5.41) is 3.35. The Morgan fingerprint density at radius 1 is 1.24 bits per heavy atom. The van der Waals surface area contributed by atoms with E-state index in [4.69, 9.17) is 0 Å². The summed E-state index contributed by atoms with van der Waals surface area (Å²) in [4.78, 5) is 10.9. The van der Waals surface area contributed by atoms with Crippen LogP contribution in [0, 0.1) is 20.8 Å². The number of esters is 1. The molecule has 0 aromatic heterocycles. The molecule has 0 unspecified atom stereocenters. The highest BCUT2D eigenvalue weighted by molar-refractivity contribution is 5.69. The highest BCUT2D eigenvalue weighted by atomic mass is 16.5. The number of hydrogen-bond donors (Lipinski definition) is 1. The normalized spacial score (nSPS) is 10.1. The minimum atomic E-state index is -0.149. The van der Waals surface area contributed by atoms with Crippen molar-refractivity contribution in [1.82, 2.24) is 0 Å². The van der Waals surface area contributed by atoms with Crippen molar-refractivity contribution < 1.29 is 9.53 Å². The van der Waals surface area contributed by atoms with Crippen LogP contribution >= 0.6 is 0 Å². The van der Waals surface area contributed by atoms with Gasteiger partial charge >= 0.3 is 5.97 Å². The van der Waals surface area contributed by atoms with Crippen LogP contribution in [0.15, 0.2) is 12.1 Å². The first kappa shape index (κ1) is 13.6. The fraction of sp³-hybridized carbons (Fsp3) is 0.500. The topological polar surface area (TPSA) is 38.3 Å². The zero-order valence-electron chi connectivity index (χ0n) is 11.1. The highest BCUT2D eigenvalue weighted by Crippen LogP contribution is 2.21. The lowest BCUT2D eigenvalue weighted by Gasteiger charge is -2.13. The Morgan fingerprint density at radius 3 is 2.59 bits per heavy atom. The van der Waals surface area contributed by atoms with E-state index in [1.165, 1.54) is 23.8 Å². The molecule has 3 heteroatoms. The second-order valence-electron chi connectivity index (χ2n) is 4.29. The van der Waals surface area contributed by atoms with Gasteiger partial charge in [0.1, 0.15) is 0 Å². The van der Waals surface area contributed by atoms with Gasteiger partial charge in [-0.05, 0) is 49.9 Å². The summed E-state index contributed by atoms with van der Waals surface area (Å²) < 4.78 is 4.59. The zero-order chi connectivity index (χ0) is 12.8. The Hall–Kier alpha value is -1.51. The number of hydrogen-bond acceptors (Lipinski definition) is 3. The van der Waals surface area contributed by atoms with Crippen LogP contribution in [-0.4, -0.2) is 19.6 Å². The van der Waals surface area contributed by atoms with Gasteiger partial charge in [-0.1, -0.05) is 6.07 Å². The second kappa shape index (κ2) is 6.28. The number of nitrogens with one attached hydrogen (secondary N) is 1. The Labute approximate surface area is 103 Å². The van der Waals surface area contributed by atoms with E-state index in [1.807, 2.05) is 0 Å². The summed E-state index contributed by atoms with van der Waals surface area (Å²) >= 11 is 0. The van der Waals surface area contributed by atoms with Crippen molar-refractivity contribution in [3.05, 3.63) is 28.8 Å². The molecule has 0 aliphatic heterocycles. The molecule has 0 saturated carbocycles. The van der Waals surface area contributed by atoms with Gasteiger partial charge in [-0.2, -0.15) is 0 Å². The van der Waals surface area contributed by atoms with Gasteiger partial charge in [-0.3, -0.25) is 4.79 Å². The Kier molecular flexibility index (Phi) is 5.01. The van der Waals surface area contributed by atoms with Gasteiger partial charge in [0.2, 0.25) is 0 Å². The number of carbonyl (C=O) groups is 1. The minimum absolute atomic E-state index is 0.149. The van der Waals surface area contributed by atoms with Crippen molar-refractivity contribution in [1.29, 1.82) is 0 Å². The van der Waals surface area contributed by atoms with Crippen molar-refractivity contribution >= 4 is 11.7 Å². The van der Waals surface area contributed by atoms with E-state index in [2.05, 4.69) is 43.0 Å². The molecule has 1 rings (SSSR count). The molecule has 1 aromatic rings. The summed E-state index contributed by atoms with van der Waals surface area (Å²) in [6, 6.07) is 4.21. The maximum atomic E-state index is 10.9. The third kappa shape index (κ3) is 3.77. The van der Waals surface area contributed by atoms with E-state index in [0.717, 1.165) is 18.7 Å². The molecule has 3 nitrogen and oxygen atoms in total. The number of anilines is 1. The molecule has 0 spiro atoms. The van der Waals surface area contributed by atoms with Crippen molar-refractivity contribution in [3.8, 4) is 0 Å². The van der Waals surface area contributed by atoms with Crippen LogP contribution in [0.5, 0.6) is 0 Å². The maximum Gasteiger partial charge on any atom is 0.305 e. The third-order valence-corrected chi connectivity index (χ3v) is 3.16. The molecule has 1 N–H and O–H groups in total. The average molecular weight is 235 g/mol. The van der Waals surface area contributed by atoms with Gasteiger partial charge in [0.05, 0.1) is 7.11 Å². The smallest absolute Gasteiger partial charge is 0.305 e. The van der Waals surface area contributed by atoms with Crippen LogP contribution in [0.3, 0.4) is 0 Å². The first-order valence-electron chi connectivity index (χ1n) is 5.93. The van der Waals surface area contributed by atoms with Gasteiger partial charge in [0, 0.05) is 18.7 Å². The number of carbonyl (C=O) groups excluding carboxylic acids is 1. The van der Waals surface area contributed by atoms with E-state index in [1.54, 1.807) is 0 Å². The molecule has 0 fully saturated rings. The van der Waals surface area contributed by atoms with Crippen LogP contribution in [-0.2, 0) is 9.53 Å². The molecular weight excluding hydrogens is 214 g/mol. The van der Waals surface area contributed by atoms with E-state index < -0.39 is 0 Å². The standard InChI is InChI=1S/C14H21NO2/c1-10-7-8-13(12(3)11(10)2)15-9-5-6-14(16)17-4/h7-8,15H,5-6,9H2,1-4H3. The van der Waals surface area contributed by atoms with Crippen molar-refractivity contribution in [2.24, 2.45) is 0 Å². The second-order valence-corrected chi connectivity index (χ2v) is 4.29. The molecule has 0 saturated heterocycles. The van der Waals surface area contributed by atoms with Gasteiger partial charge < -0.3 is 10.1 Å². The highest BCUT2D eigenvalue weighted by Gasteiger charge is 2.04. The molecule has 0 radical (unpaired) electrons. The maximum absolute atomic E-state index is 10.9. The number of methoxy groups -OCH3 is 1. The van der Waals surface area contributed by atoms with E-state index in [-0.39, 0.29) is 5.97 Å². The van der Waals surface area contributed by atoms with Gasteiger partial charge in [-0.25, -0.2) is 0 Å². The summed E-state index contributed by atoms with van der Waals surface area (Å²) in [6.07, 6.45) is 1.26. The fourth-order valence-corrected chi connectivity index (χ4v) is 1.71. The lowest BCUT2D eigenvalue weighted by molar-refractivity contribution is -0.140. The van der Waals surface area contributed by atoms with Crippen molar-refractivity contribution in [2.45, 2.75) is 33.6 Å². The van der Waals surface area contributed by atoms with E-state index in [9.17, 15) is 4.79 Å². The zero-order valence-corrected chi connectivity index (χ0v) is 11.1. The first-order chi connectivity index (χ1) is 8.06. The molecule has 0 aliphatic rings. The summed E-state index contributed by atoms with van der Waals surface area (Å²) in [5.41, 5.74) is 5.06. The number of aryl methyl sites for hydroxylation is 1. The minimum Gasteiger partial charge on any atom is -0.469 e. The Morgan fingerprint density at radius 2 is 1.94 bits per heavy atom. The molecule has 1 aromatic carbocycles. The largest absolute Gasteiger partial charge is 0.469 e. The first-order valence-corrected chi connectivity index (χ1v) is 5.93. The summed E-state index contributed by atoms with van der Waals surface area (Å²) in [6.45, 7) is 7.15. The lowest BCUT2D eigenvalue weighted by atomic mass is 10.0. The quantitative estimate of drug-likeness (QED) is 0.630. The summed E-state index contributed by atoms with van der Waals surface area (Å²) in [5.74, 6) is -0.149. The number of benzene rings is 1. The van der Waals surface area contributed by atoms with E-state index in [0.29, 0.717) is 6.42 Å². The van der Waals surface area contributed by atoms with Gasteiger partial charge in [0.25, 0.3) is 0 Å². The molecule has 17 heavy (non-hydrogen) atoms. The van der Waals surface area contributed by atoms with E-state index >= 15 is 0 Å². The fourth-order valence-electron chi connectivity index (χ4n) is 1.71. The Bertz CT molecular complexity index is 399. The van der Waals surface area contributed by atoms with Gasteiger partial charge in [-0.15, -0.1) is 0 Å². The summed E-state index contributed by atoms with van der Waals surface area (Å²) in [7, 11) is 1.42. The van der Waals surface area contributed by atoms with Crippen LogP contribution in [0.25, 0.3) is 0 Å². The molecule has 0 heterocycles. The molecule has 0 bridgehead atoms. The van der Waals surface area contributed by atoms with Crippen molar-refractivity contribution in [3.63, 3.8) is 0 Å². The monoisotopic (exact) mass is 235 g/mol. The number of ether oxygens (including phenoxy) is 1. The molecule has 94 valence electrons.